The SMILES string of the molecule is CCSCc1ccc([C]c2ccc(Cl)cc2-c2ccccc2)cc1. The fourth-order valence-corrected chi connectivity index (χ4v) is 3.35. The van der Waals surface area contributed by atoms with Crippen LogP contribution in [0.3, 0.4) is 0 Å². The van der Waals surface area contributed by atoms with E-state index in [4.69, 9.17) is 11.6 Å². The van der Waals surface area contributed by atoms with Gasteiger partial charge < -0.3 is 0 Å². The number of halogens is 1. The van der Waals surface area contributed by atoms with Gasteiger partial charge in [-0.25, -0.2) is 0 Å². The van der Waals surface area contributed by atoms with Crippen LogP contribution in [0.4, 0.5) is 0 Å². The average Bonchev–Trinajstić information content (AvgIpc) is 2.63. The highest BCUT2D eigenvalue weighted by Gasteiger charge is 2.08. The van der Waals surface area contributed by atoms with Crippen LogP contribution in [0.15, 0.2) is 72.8 Å². The maximum absolute atomic E-state index is 6.21. The van der Waals surface area contributed by atoms with E-state index < -0.39 is 0 Å². The largest absolute Gasteiger partial charge is 0.157 e. The predicted molar refractivity (Wildman–Crippen MR) is 107 cm³/mol. The first kappa shape index (κ1) is 17.1. The maximum atomic E-state index is 6.21. The van der Waals surface area contributed by atoms with E-state index in [1.807, 2.05) is 48.2 Å². The molecule has 0 fully saturated rings. The van der Waals surface area contributed by atoms with Crippen molar-refractivity contribution in [3.8, 4) is 11.1 Å². The Morgan fingerprint density at radius 3 is 2.38 bits per heavy atom. The molecule has 0 N–H and O–H groups in total. The average molecular weight is 351 g/mol. The van der Waals surface area contributed by atoms with Gasteiger partial charge in [0.2, 0.25) is 0 Å². The molecule has 2 heteroatoms. The Morgan fingerprint density at radius 2 is 1.67 bits per heavy atom. The van der Waals surface area contributed by atoms with Crippen molar-refractivity contribution in [1.82, 2.24) is 0 Å². The van der Waals surface area contributed by atoms with E-state index in [9.17, 15) is 0 Å². The quantitative estimate of drug-likeness (QED) is 0.474. The molecule has 120 valence electrons. The summed E-state index contributed by atoms with van der Waals surface area (Å²) in [4.78, 5) is 0. The molecule has 0 atom stereocenters. The van der Waals surface area contributed by atoms with Gasteiger partial charge >= 0.3 is 0 Å². The molecule has 0 aliphatic heterocycles. The molecular formula is C22H19ClS. The van der Waals surface area contributed by atoms with Crippen LogP contribution in [0, 0.1) is 6.42 Å². The summed E-state index contributed by atoms with van der Waals surface area (Å²) in [7, 11) is 0. The summed E-state index contributed by atoms with van der Waals surface area (Å²) < 4.78 is 0. The first-order valence-electron chi connectivity index (χ1n) is 8.05. The Morgan fingerprint density at radius 1 is 0.917 bits per heavy atom. The number of hydrogen-bond donors (Lipinski definition) is 0. The van der Waals surface area contributed by atoms with Crippen LogP contribution >= 0.6 is 23.4 Å². The van der Waals surface area contributed by atoms with E-state index >= 15 is 0 Å². The standard InChI is InChI=1S/C22H19ClS/c1-2-24-16-18-10-8-17(9-11-18)14-20-12-13-21(23)15-22(20)19-6-4-3-5-7-19/h3-13,15H,2,16H2,1H3. The Balaban J connectivity index is 1.85. The summed E-state index contributed by atoms with van der Waals surface area (Å²) in [5, 5.41) is 0.742. The van der Waals surface area contributed by atoms with E-state index in [1.54, 1.807) is 0 Å². The van der Waals surface area contributed by atoms with Gasteiger partial charge in [0.05, 0.1) is 6.42 Å². The molecule has 0 aliphatic carbocycles. The molecule has 3 rings (SSSR count). The third kappa shape index (κ3) is 4.43. The second-order valence-corrected chi connectivity index (χ2v) is 7.23. The third-order valence-corrected chi connectivity index (χ3v) is 4.95. The van der Waals surface area contributed by atoms with Crippen LogP contribution < -0.4 is 0 Å². The van der Waals surface area contributed by atoms with Crippen LogP contribution in [0.5, 0.6) is 0 Å². The third-order valence-electron chi connectivity index (χ3n) is 3.77. The maximum Gasteiger partial charge on any atom is 0.0508 e. The molecule has 0 heterocycles. The van der Waals surface area contributed by atoms with E-state index in [1.165, 1.54) is 5.56 Å². The molecule has 0 nitrogen and oxygen atoms in total. The minimum absolute atomic E-state index is 0.742. The summed E-state index contributed by atoms with van der Waals surface area (Å²) >= 11 is 8.15. The minimum Gasteiger partial charge on any atom is -0.157 e. The molecule has 0 amide bonds. The second kappa shape index (κ2) is 8.41. The molecule has 0 spiro atoms. The van der Waals surface area contributed by atoms with Crippen LogP contribution in [-0.4, -0.2) is 5.75 Å². The summed E-state index contributed by atoms with van der Waals surface area (Å²) in [6, 6.07) is 24.9. The van der Waals surface area contributed by atoms with Crippen LogP contribution in [0.2, 0.25) is 5.02 Å². The molecular weight excluding hydrogens is 332 g/mol. The van der Waals surface area contributed by atoms with E-state index in [0.717, 1.165) is 38.8 Å². The number of hydrogen-bond acceptors (Lipinski definition) is 1. The number of rotatable bonds is 6. The van der Waals surface area contributed by atoms with Gasteiger partial charge in [-0.15, -0.1) is 0 Å². The Labute approximate surface area is 153 Å². The second-order valence-electron chi connectivity index (χ2n) is 5.51. The lowest BCUT2D eigenvalue weighted by molar-refractivity contribution is 1.35. The molecule has 0 bridgehead atoms. The zero-order valence-electron chi connectivity index (χ0n) is 13.6. The highest BCUT2D eigenvalue weighted by atomic mass is 35.5. The van der Waals surface area contributed by atoms with Crippen LogP contribution in [-0.2, 0) is 5.75 Å². The Bertz CT molecular complexity index is 779. The van der Waals surface area contributed by atoms with Gasteiger partial charge in [-0.05, 0) is 45.7 Å². The number of thioether (sulfide) groups is 1. The monoisotopic (exact) mass is 350 g/mol. The molecule has 0 saturated carbocycles. The van der Waals surface area contributed by atoms with Gasteiger partial charge in [0, 0.05) is 10.8 Å². The highest BCUT2D eigenvalue weighted by Crippen LogP contribution is 2.29. The normalized spacial score (nSPS) is 10.8. The Kier molecular flexibility index (Phi) is 6.01. The van der Waals surface area contributed by atoms with Crippen LogP contribution in [0.1, 0.15) is 23.6 Å². The fourth-order valence-electron chi connectivity index (χ4n) is 2.54. The van der Waals surface area contributed by atoms with Gasteiger partial charge in [-0.1, -0.05) is 79.2 Å². The minimum atomic E-state index is 0.742. The van der Waals surface area contributed by atoms with Crippen molar-refractivity contribution in [3.63, 3.8) is 0 Å². The highest BCUT2D eigenvalue weighted by molar-refractivity contribution is 7.98. The molecule has 24 heavy (non-hydrogen) atoms. The van der Waals surface area contributed by atoms with Crippen molar-refractivity contribution < 1.29 is 0 Å². The van der Waals surface area contributed by atoms with Crippen LogP contribution in [0.25, 0.3) is 11.1 Å². The van der Waals surface area contributed by atoms with Crippen molar-refractivity contribution >= 4 is 23.4 Å². The predicted octanol–water partition coefficient (Wildman–Crippen LogP) is 6.74. The van der Waals surface area contributed by atoms with Crippen molar-refractivity contribution in [2.24, 2.45) is 0 Å². The fraction of sp³-hybridized carbons (Fsp3) is 0.136. The van der Waals surface area contributed by atoms with Gasteiger partial charge in [0.15, 0.2) is 0 Å². The van der Waals surface area contributed by atoms with E-state index in [-0.39, 0.29) is 0 Å². The summed E-state index contributed by atoms with van der Waals surface area (Å²) in [5.41, 5.74) is 5.75. The molecule has 3 aromatic carbocycles. The lowest BCUT2D eigenvalue weighted by atomic mass is 9.95. The molecule has 3 aromatic rings. The van der Waals surface area contributed by atoms with Gasteiger partial charge in [-0.2, -0.15) is 11.8 Å². The molecule has 2 radical (unpaired) electrons. The lowest BCUT2D eigenvalue weighted by Crippen LogP contribution is -1.91. The van der Waals surface area contributed by atoms with Crippen molar-refractivity contribution in [2.75, 3.05) is 5.75 Å². The number of benzene rings is 3. The molecule has 0 aliphatic rings. The van der Waals surface area contributed by atoms with E-state index in [2.05, 4.69) is 49.7 Å². The van der Waals surface area contributed by atoms with Crippen molar-refractivity contribution in [3.05, 3.63) is 101 Å². The lowest BCUT2D eigenvalue weighted by Gasteiger charge is -2.10. The zero-order chi connectivity index (χ0) is 16.8. The van der Waals surface area contributed by atoms with Crippen molar-refractivity contribution in [2.45, 2.75) is 12.7 Å². The topological polar surface area (TPSA) is 0 Å². The van der Waals surface area contributed by atoms with Gasteiger partial charge in [0.1, 0.15) is 0 Å². The smallest absolute Gasteiger partial charge is 0.0508 e. The van der Waals surface area contributed by atoms with Gasteiger partial charge in [0.25, 0.3) is 0 Å². The van der Waals surface area contributed by atoms with Crippen molar-refractivity contribution in [1.29, 1.82) is 0 Å². The first-order valence-corrected chi connectivity index (χ1v) is 9.58. The zero-order valence-corrected chi connectivity index (χ0v) is 15.2. The summed E-state index contributed by atoms with van der Waals surface area (Å²) in [5.74, 6) is 2.21. The summed E-state index contributed by atoms with van der Waals surface area (Å²) in [6.45, 7) is 2.19. The molecule has 0 saturated heterocycles. The summed E-state index contributed by atoms with van der Waals surface area (Å²) in [6.07, 6.45) is 3.52. The first-order chi connectivity index (χ1) is 11.8. The Hall–Kier alpha value is -1.70. The molecule has 0 aromatic heterocycles. The van der Waals surface area contributed by atoms with E-state index in [0.29, 0.717) is 0 Å². The molecule has 0 unspecified atom stereocenters. The van der Waals surface area contributed by atoms with Gasteiger partial charge in [-0.3, -0.25) is 0 Å².